The van der Waals surface area contributed by atoms with Gasteiger partial charge in [-0.25, -0.2) is 0 Å². The number of carbonyl (C=O) groups is 1. The molecule has 0 saturated carbocycles. The number of ether oxygens (including phenoxy) is 1. The van der Waals surface area contributed by atoms with Gasteiger partial charge in [-0.15, -0.1) is 0 Å². The topological polar surface area (TPSA) is 41.6 Å². The molecule has 1 aliphatic heterocycles. The molecule has 0 radical (unpaired) electrons. The zero-order valence-corrected chi connectivity index (χ0v) is 16.2. The molecule has 1 amide bonds. The van der Waals surface area contributed by atoms with Gasteiger partial charge in [0.05, 0.1) is 13.0 Å². The van der Waals surface area contributed by atoms with Crippen molar-refractivity contribution in [1.82, 2.24) is 4.90 Å². The highest BCUT2D eigenvalue weighted by Gasteiger charge is 2.26. The fourth-order valence-electron chi connectivity index (χ4n) is 4.00. The minimum atomic E-state index is 0.0193. The maximum Gasteiger partial charge on any atom is 0.228 e. The lowest BCUT2D eigenvalue weighted by Gasteiger charge is -2.32. The second-order valence-corrected chi connectivity index (χ2v) is 7.43. The molecule has 1 atom stereocenters. The lowest BCUT2D eigenvalue weighted by atomic mass is 9.96. The van der Waals surface area contributed by atoms with Crippen molar-refractivity contribution in [2.45, 2.75) is 19.4 Å². The molecular weight excluding hydrogens is 348 g/mol. The van der Waals surface area contributed by atoms with E-state index in [0.717, 1.165) is 43.9 Å². The van der Waals surface area contributed by atoms with Gasteiger partial charge in [-0.3, -0.25) is 9.69 Å². The first kappa shape index (κ1) is 18.5. The normalized spacial score (nSPS) is 17.4. The molecule has 1 unspecified atom stereocenters. The molecule has 1 aliphatic rings. The molecule has 3 aromatic carbocycles. The summed E-state index contributed by atoms with van der Waals surface area (Å²) >= 11 is 0. The molecule has 1 saturated heterocycles. The van der Waals surface area contributed by atoms with Crippen molar-refractivity contribution in [3.8, 4) is 5.75 Å². The highest BCUT2D eigenvalue weighted by atomic mass is 16.5. The van der Waals surface area contributed by atoms with E-state index in [1.807, 2.05) is 24.3 Å². The maximum atomic E-state index is 12.8. The summed E-state index contributed by atoms with van der Waals surface area (Å²) in [6, 6.07) is 22.5. The van der Waals surface area contributed by atoms with Crippen molar-refractivity contribution in [1.29, 1.82) is 0 Å². The van der Waals surface area contributed by atoms with Crippen molar-refractivity contribution >= 4 is 22.4 Å². The number of fused-ring (bicyclic) bond motifs is 1. The molecule has 0 bridgehead atoms. The molecule has 0 aliphatic carbocycles. The van der Waals surface area contributed by atoms with E-state index in [9.17, 15) is 4.79 Å². The SMILES string of the molecule is COc1ccc(NC(=O)C2CCCN(Cc3cccc4ccccc34)C2)cc1. The van der Waals surface area contributed by atoms with Crippen LogP contribution < -0.4 is 10.1 Å². The summed E-state index contributed by atoms with van der Waals surface area (Å²) < 4.78 is 5.17. The predicted molar refractivity (Wildman–Crippen MR) is 114 cm³/mol. The molecule has 1 N–H and O–H groups in total. The van der Waals surface area contributed by atoms with Crippen LogP contribution in [0, 0.1) is 5.92 Å². The van der Waals surface area contributed by atoms with Crippen molar-refractivity contribution in [3.63, 3.8) is 0 Å². The second-order valence-electron chi connectivity index (χ2n) is 7.43. The van der Waals surface area contributed by atoms with E-state index in [1.165, 1.54) is 16.3 Å². The second kappa shape index (κ2) is 8.44. The standard InChI is InChI=1S/C24H26N2O2/c1-28-22-13-11-21(12-14-22)25-24(27)20-9-5-15-26(17-20)16-19-8-4-7-18-6-2-3-10-23(18)19/h2-4,6-8,10-14,20H,5,9,15-17H2,1H3,(H,25,27). The van der Waals surface area contributed by atoms with Crippen molar-refractivity contribution in [2.75, 3.05) is 25.5 Å². The average molecular weight is 374 g/mol. The van der Waals surface area contributed by atoms with E-state index in [2.05, 4.69) is 52.7 Å². The zero-order valence-electron chi connectivity index (χ0n) is 16.2. The van der Waals surface area contributed by atoms with Crippen molar-refractivity contribution in [3.05, 3.63) is 72.3 Å². The third-order valence-corrected chi connectivity index (χ3v) is 5.51. The van der Waals surface area contributed by atoms with Gasteiger partial charge >= 0.3 is 0 Å². The Morgan fingerprint density at radius 1 is 1.07 bits per heavy atom. The van der Waals surface area contributed by atoms with Gasteiger partial charge in [0, 0.05) is 18.8 Å². The molecular formula is C24H26N2O2. The van der Waals surface area contributed by atoms with Gasteiger partial charge in [0.1, 0.15) is 5.75 Å². The fraction of sp³-hybridized carbons (Fsp3) is 0.292. The Morgan fingerprint density at radius 2 is 1.86 bits per heavy atom. The number of nitrogens with zero attached hydrogens (tertiary/aromatic N) is 1. The summed E-state index contributed by atoms with van der Waals surface area (Å²) in [4.78, 5) is 15.2. The Hall–Kier alpha value is -2.85. The molecule has 0 spiro atoms. The van der Waals surface area contributed by atoms with Crippen LogP contribution in [0.2, 0.25) is 0 Å². The van der Waals surface area contributed by atoms with Gasteiger partial charge in [-0.05, 0) is 60.0 Å². The number of amides is 1. The van der Waals surface area contributed by atoms with Gasteiger partial charge < -0.3 is 10.1 Å². The first-order chi connectivity index (χ1) is 13.7. The number of methoxy groups -OCH3 is 1. The first-order valence-electron chi connectivity index (χ1n) is 9.87. The third kappa shape index (κ3) is 4.18. The largest absolute Gasteiger partial charge is 0.497 e. The average Bonchev–Trinajstić information content (AvgIpc) is 2.75. The van der Waals surface area contributed by atoms with E-state index in [-0.39, 0.29) is 11.8 Å². The van der Waals surface area contributed by atoms with Crippen LogP contribution in [0.4, 0.5) is 5.69 Å². The number of carbonyl (C=O) groups excluding carboxylic acids is 1. The van der Waals surface area contributed by atoms with Gasteiger partial charge in [-0.2, -0.15) is 0 Å². The van der Waals surface area contributed by atoms with Gasteiger partial charge in [0.15, 0.2) is 0 Å². The Balaban J connectivity index is 1.41. The molecule has 3 aromatic rings. The van der Waals surface area contributed by atoms with Crippen LogP contribution >= 0.6 is 0 Å². The molecule has 4 rings (SSSR count). The first-order valence-corrected chi connectivity index (χ1v) is 9.87. The van der Waals surface area contributed by atoms with Crippen molar-refractivity contribution < 1.29 is 9.53 Å². The number of rotatable bonds is 5. The third-order valence-electron chi connectivity index (χ3n) is 5.51. The number of hydrogen-bond donors (Lipinski definition) is 1. The molecule has 0 aromatic heterocycles. The molecule has 1 fully saturated rings. The number of benzene rings is 3. The highest BCUT2D eigenvalue weighted by molar-refractivity contribution is 5.92. The summed E-state index contributed by atoms with van der Waals surface area (Å²) in [6.07, 6.45) is 1.99. The Bertz CT molecular complexity index is 947. The van der Waals surface area contributed by atoms with Crippen LogP contribution in [0.1, 0.15) is 18.4 Å². The zero-order chi connectivity index (χ0) is 19.3. The monoisotopic (exact) mass is 374 g/mol. The lowest BCUT2D eigenvalue weighted by Crippen LogP contribution is -2.40. The highest BCUT2D eigenvalue weighted by Crippen LogP contribution is 2.24. The van der Waals surface area contributed by atoms with Crippen LogP contribution in [0.5, 0.6) is 5.75 Å². The minimum Gasteiger partial charge on any atom is -0.497 e. The lowest BCUT2D eigenvalue weighted by molar-refractivity contribution is -0.121. The summed E-state index contributed by atoms with van der Waals surface area (Å²) in [6.45, 7) is 2.72. The smallest absolute Gasteiger partial charge is 0.228 e. The van der Waals surface area contributed by atoms with Gasteiger partial charge in [-0.1, -0.05) is 42.5 Å². The molecule has 4 nitrogen and oxygen atoms in total. The molecule has 28 heavy (non-hydrogen) atoms. The van der Waals surface area contributed by atoms with Crippen LogP contribution in [-0.2, 0) is 11.3 Å². The van der Waals surface area contributed by atoms with E-state index in [0.29, 0.717) is 0 Å². The Labute approximate surface area is 166 Å². The van der Waals surface area contributed by atoms with E-state index in [4.69, 9.17) is 4.74 Å². The predicted octanol–water partition coefficient (Wildman–Crippen LogP) is 4.70. The maximum absolute atomic E-state index is 12.8. The van der Waals surface area contributed by atoms with Crippen LogP contribution in [0.3, 0.4) is 0 Å². The van der Waals surface area contributed by atoms with Crippen LogP contribution in [0.15, 0.2) is 66.7 Å². The Morgan fingerprint density at radius 3 is 2.68 bits per heavy atom. The van der Waals surface area contributed by atoms with Gasteiger partial charge in [0.25, 0.3) is 0 Å². The van der Waals surface area contributed by atoms with Crippen LogP contribution in [-0.4, -0.2) is 31.0 Å². The van der Waals surface area contributed by atoms with E-state index in [1.54, 1.807) is 7.11 Å². The summed E-state index contributed by atoms with van der Waals surface area (Å²) in [5, 5.41) is 5.63. The summed E-state index contributed by atoms with van der Waals surface area (Å²) in [5.41, 5.74) is 2.14. The Kier molecular flexibility index (Phi) is 5.58. The molecule has 4 heteroatoms. The summed E-state index contributed by atoms with van der Waals surface area (Å²) in [5.74, 6) is 0.913. The minimum absolute atomic E-state index is 0.0193. The van der Waals surface area contributed by atoms with E-state index >= 15 is 0 Å². The van der Waals surface area contributed by atoms with Gasteiger partial charge in [0.2, 0.25) is 5.91 Å². The number of piperidine rings is 1. The molecule has 1 heterocycles. The number of likely N-dealkylation sites (tertiary alicyclic amines) is 1. The number of nitrogens with one attached hydrogen (secondary N) is 1. The van der Waals surface area contributed by atoms with Crippen LogP contribution in [0.25, 0.3) is 10.8 Å². The van der Waals surface area contributed by atoms with E-state index < -0.39 is 0 Å². The summed E-state index contributed by atoms with van der Waals surface area (Å²) in [7, 11) is 1.64. The molecule has 144 valence electrons. The number of hydrogen-bond acceptors (Lipinski definition) is 3. The fourth-order valence-corrected chi connectivity index (χ4v) is 4.00. The van der Waals surface area contributed by atoms with Crippen molar-refractivity contribution in [2.24, 2.45) is 5.92 Å². The quantitative estimate of drug-likeness (QED) is 0.704. The number of anilines is 1.